The molecule has 0 bridgehead atoms. The van der Waals surface area contributed by atoms with Crippen molar-refractivity contribution in [2.75, 3.05) is 0 Å². The van der Waals surface area contributed by atoms with E-state index in [0.717, 1.165) is 25.7 Å². The third kappa shape index (κ3) is 4.10. The second kappa shape index (κ2) is 6.16. The fraction of sp³-hybridized carbons (Fsp3) is 0.700. The van der Waals surface area contributed by atoms with E-state index in [1.165, 1.54) is 12.8 Å². The molecule has 3 N–H and O–H groups in total. The van der Waals surface area contributed by atoms with Crippen molar-refractivity contribution in [3.63, 3.8) is 0 Å². The average Bonchev–Trinajstić information content (AvgIpc) is 2.45. The Morgan fingerprint density at radius 1 is 1.33 bits per heavy atom. The topological polar surface area (TPSA) is 88.5 Å². The SMILES string of the molecule is N=C(OC(N)=NC=O)C1CCCCCC1. The van der Waals surface area contributed by atoms with Gasteiger partial charge in [0.15, 0.2) is 5.90 Å². The molecule has 1 saturated carbocycles. The van der Waals surface area contributed by atoms with Crippen LogP contribution in [-0.2, 0) is 9.53 Å². The van der Waals surface area contributed by atoms with E-state index in [0.29, 0.717) is 6.41 Å². The summed E-state index contributed by atoms with van der Waals surface area (Å²) in [6.45, 7) is 0. The van der Waals surface area contributed by atoms with Gasteiger partial charge in [-0.2, -0.15) is 4.99 Å². The highest BCUT2D eigenvalue weighted by Gasteiger charge is 2.19. The predicted molar refractivity (Wildman–Crippen MR) is 57.7 cm³/mol. The van der Waals surface area contributed by atoms with Gasteiger partial charge in [-0.3, -0.25) is 10.2 Å². The Balaban J connectivity index is 2.44. The van der Waals surface area contributed by atoms with Crippen molar-refractivity contribution in [2.45, 2.75) is 38.5 Å². The molecule has 1 aliphatic carbocycles. The molecular formula is C10H17N3O2. The van der Waals surface area contributed by atoms with E-state index < -0.39 is 0 Å². The molecule has 0 heterocycles. The number of hydrogen-bond donors (Lipinski definition) is 2. The molecule has 1 rings (SSSR count). The number of ether oxygens (including phenoxy) is 1. The number of aliphatic imine (C=N–C) groups is 1. The molecule has 5 nitrogen and oxygen atoms in total. The summed E-state index contributed by atoms with van der Waals surface area (Å²) < 4.78 is 4.97. The van der Waals surface area contributed by atoms with Gasteiger partial charge in [0.05, 0.1) is 0 Å². The predicted octanol–water partition coefficient (Wildman–Crippen LogP) is 1.42. The average molecular weight is 211 g/mol. The summed E-state index contributed by atoms with van der Waals surface area (Å²) in [5.41, 5.74) is 5.29. The van der Waals surface area contributed by atoms with Gasteiger partial charge in [0, 0.05) is 5.92 Å². The molecular weight excluding hydrogens is 194 g/mol. The van der Waals surface area contributed by atoms with E-state index in [1.54, 1.807) is 0 Å². The lowest BCUT2D eigenvalue weighted by molar-refractivity contribution is -0.106. The largest absolute Gasteiger partial charge is 0.411 e. The van der Waals surface area contributed by atoms with Crippen LogP contribution in [0, 0.1) is 11.3 Å². The first-order valence-electron chi connectivity index (χ1n) is 5.27. The van der Waals surface area contributed by atoms with Crippen LogP contribution in [0.1, 0.15) is 38.5 Å². The van der Waals surface area contributed by atoms with E-state index >= 15 is 0 Å². The number of nitrogens with zero attached hydrogens (tertiary/aromatic N) is 1. The highest BCUT2D eigenvalue weighted by molar-refractivity contribution is 5.91. The zero-order valence-electron chi connectivity index (χ0n) is 8.74. The van der Waals surface area contributed by atoms with Crippen molar-refractivity contribution in [1.29, 1.82) is 5.41 Å². The van der Waals surface area contributed by atoms with Gasteiger partial charge in [0.25, 0.3) is 6.02 Å². The van der Waals surface area contributed by atoms with Gasteiger partial charge in [-0.25, -0.2) is 0 Å². The van der Waals surface area contributed by atoms with Crippen molar-refractivity contribution in [3.8, 4) is 0 Å². The van der Waals surface area contributed by atoms with Crippen LogP contribution in [0.5, 0.6) is 0 Å². The first-order chi connectivity index (χ1) is 7.24. The molecule has 0 unspecified atom stereocenters. The maximum absolute atomic E-state index is 10.0. The van der Waals surface area contributed by atoms with Gasteiger partial charge < -0.3 is 10.5 Å². The number of amidine groups is 1. The normalized spacial score (nSPS) is 19.3. The maximum atomic E-state index is 10.0. The number of carbonyl (C=O) groups excluding carboxylic acids is 1. The molecule has 1 aliphatic rings. The lowest BCUT2D eigenvalue weighted by Crippen LogP contribution is -2.25. The zero-order valence-corrected chi connectivity index (χ0v) is 8.74. The number of rotatable bonds is 2. The summed E-state index contributed by atoms with van der Waals surface area (Å²) in [7, 11) is 0. The van der Waals surface area contributed by atoms with Gasteiger partial charge in [-0.1, -0.05) is 25.7 Å². The number of nitrogens with two attached hydrogens (primary N) is 1. The van der Waals surface area contributed by atoms with Crippen LogP contribution in [0.25, 0.3) is 0 Å². The van der Waals surface area contributed by atoms with Gasteiger partial charge in [0.1, 0.15) is 0 Å². The van der Waals surface area contributed by atoms with Crippen LogP contribution in [0.2, 0.25) is 0 Å². The lowest BCUT2D eigenvalue weighted by atomic mass is 10.0. The Bertz CT molecular complexity index is 255. The highest BCUT2D eigenvalue weighted by Crippen LogP contribution is 2.23. The fourth-order valence-electron chi connectivity index (χ4n) is 1.82. The number of amides is 1. The second-order valence-electron chi connectivity index (χ2n) is 3.73. The van der Waals surface area contributed by atoms with Crippen LogP contribution in [0.3, 0.4) is 0 Å². The Kier molecular flexibility index (Phi) is 4.80. The first kappa shape index (κ1) is 11.7. The quantitative estimate of drug-likeness (QED) is 0.313. The van der Waals surface area contributed by atoms with Gasteiger partial charge >= 0.3 is 0 Å². The minimum atomic E-state index is -0.237. The summed E-state index contributed by atoms with van der Waals surface area (Å²) in [6, 6.07) is -0.237. The van der Waals surface area contributed by atoms with Gasteiger partial charge in [0.2, 0.25) is 6.41 Å². The number of nitrogens with one attached hydrogen (secondary N) is 1. The van der Waals surface area contributed by atoms with Crippen molar-refractivity contribution >= 4 is 18.3 Å². The number of carbonyl (C=O) groups is 1. The third-order valence-corrected chi connectivity index (χ3v) is 2.62. The van der Waals surface area contributed by atoms with Crippen LogP contribution < -0.4 is 5.73 Å². The van der Waals surface area contributed by atoms with Crippen LogP contribution >= 0.6 is 0 Å². The Morgan fingerprint density at radius 2 is 1.93 bits per heavy atom. The Hall–Kier alpha value is -1.39. The minimum Gasteiger partial charge on any atom is -0.411 e. The molecule has 0 spiro atoms. The molecule has 84 valence electrons. The fourth-order valence-corrected chi connectivity index (χ4v) is 1.82. The summed E-state index contributed by atoms with van der Waals surface area (Å²) in [6.07, 6.45) is 6.95. The van der Waals surface area contributed by atoms with Gasteiger partial charge in [-0.15, -0.1) is 0 Å². The molecule has 0 aliphatic heterocycles. The summed E-state index contributed by atoms with van der Waals surface area (Å²) in [5, 5.41) is 7.69. The molecule has 0 saturated heterocycles. The van der Waals surface area contributed by atoms with Crippen molar-refractivity contribution in [3.05, 3.63) is 0 Å². The molecule has 0 atom stereocenters. The standard InChI is InChI=1S/C10H17N3O2/c11-9(15-10(12)13-7-14)8-5-3-1-2-4-6-8/h7-8,11H,1-6H2,(H2,12,13,14). The van der Waals surface area contributed by atoms with E-state index in [9.17, 15) is 4.79 Å². The third-order valence-electron chi connectivity index (χ3n) is 2.62. The number of hydrogen-bond acceptors (Lipinski definition) is 3. The van der Waals surface area contributed by atoms with Crippen molar-refractivity contribution < 1.29 is 9.53 Å². The van der Waals surface area contributed by atoms with Gasteiger partial charge in [-0.05, 0) is 12.8 Å². The summed E-state index contributed by atoms with van der Waals surface area (Å²) in [4.78, 5) is 13.2. The van der Waals surface area contributed by atoms with Crippen molar-refractivity contribution in [2.24, 2.45) is 16.6 Å². The molecule has 0 radical (unpaired) electrons. The van der Waals surface area contributed by atoms with E-state index in [4.69, 9.17) is 15.9 Å². The summed E-state index contributed by atoms with van der Waals surface area (Å²) >= 11 is 0. The second-order valence-corrected chi connectivity index (χ2v) is 3.73. The molecule has 1 fully saturated rings. The summed E-state index contributed by atoms with van der Waals surface area (Å²) in [5.74, 6) is 0.271. The highest BCUT2D eigenvalue weighted by atomic mass is 16.5. The molecule has 1 amide bonds. The smallest absolute Gasteiger partial charge is 0.296 e. The van der Waals surface area contributed by atoms with E-state index in [2.05, 4.69) is 4.99 Å². The van der Waals surface area contributed by atoms with Crippen molar-refractivity contribution in [1.82, 2.24) is 0 Å². The Morgan fingerprint density at radius 3 is 2.47 bits per heavy atom. The minimum absolute atomic E-state index is 0.132. The molecule has 15 heavy (non-hydrogen) atoms. The molecule has 0 aromatic rings. The van der Waals surface area contributed by atoms with E-state index in [-0.39, 0.29) is 17.8 Å². The van der Waals surface area contributed by atoms with Crippen LogP contribution in [-0.4, -0.2) is 18.3 Å². The lowest BCUT2D eigenvalue weighted by Gasteiger charge is -2.14. The van der Waals surface area contributed by atoms with Crippen LogP contribution in [0.4, 0.5) is 0 Å². The molecule has 5 heteroatoms. The maximum Gasteiger partial charge on any atom is 0.296 e. The molecule has 0 aromatic carbocycles. The van der Waals surface area contributed by atoms with E-state index in [1.807, 2.05) is 0 Å². The Labute approximate surface area is 89.2 Å². The monoisotopic (exact) mass is 211 g/mol. The molecule has 0 aromatic heterocycles. The first-order valence-corrected chi connectivity index (χ1v) is 5.27. The van der Waals surface area contributed by atoms with Crippen LogP contribution in [0.15, 0.2) is 4.99 Å². The zero-order chi connectivity index (χ0) is 11.1.